The average molecular weight is 314 g/mol. The van der Waals surface area contributed by atoms with Crippen LogP contribution in [0.25, 0.3) is 0 Å². The maximum Gasteiger partial charge on any atom is 0.289 e. The predicted octanol–water partition coefficient (Wildman–Crippen LogP) is 1.42. The lowest BCUT2D eigenvalue weighted by molar-refractivity contribution is -0.387. The third kappa shape index (κ3) is 3.99. The van der Waals surface area contributed by atoms with Gasteiger partial charge in [0.05, 0.1) is 11.0 Å². The van der Waals surface area contributed by atoms with Crippen molar-refractivity contribution >= 4 is 15.7 Å². The van der Waals surface area contributed by atoms with E-state index in [1.165, 1.54) is 24.3 Å². The summed E-state index contributed by atoms with van der Waals surface area (Å²) < 4.78 is 26.8. The first kappa shape index (κ1) is 15.9. The van der Waals surface area contributed by atoms with E-state index in [9.17, 15) is 23.6 Å². The molecule has 1 aliphatic carbocycles. The molecule has 1 aromatic carbocycles. The highest BCUT2D eigenvalue weighted by atomic mass is 32.2. The molecule has 1 fully saturated rings. The molecule has 0 atom stereocenters. The Labute approximate surface area is 123 Å². The van der Waals surface area contributed by atoms with E-state index in [0.717, 1.165) is 12.8 Å². The number of para-hydroxylation sites is 1. The lowest BCUT2D eigenvalue weighted by Crippen LogP contribution is -2.32. The molecule has 0 aliphatic heterocycles. The highest BCUT2D eigenvalue weighted by Crippen LogP contribution is 2.26. The van der Waals surface area contributed by atoms with Gasteiger partial charge in [0.15, 0.2) is 4.90 Å². The van der Waals surface area contributed by atoms with Crippen molar-refractivity contribution in [2.24, 2.45) is 5.92 Å². The van der Waals surface area contributed by atoms with Crippen molar-refractivity contribution in [2.45, 2.75) is 36.7 Å². The van der Waals surface area contributed by atoms with E-state index in [-0.39, 0.29) is 23.5 Å². The molecule has 21 heavy (non-hydrogen) atoms. The summed E-state index contributed by atoms with van der Waals surface area (Å²) in [5.74, 6) is 0.158. The van der Waals surface area contributed by atoms with Crippen LogP contribution in [0, 0.1) is 16.0 Å². The first-order valence-electron chi connectivity index (χ1n) is 6.81. The molecule has 0 spiro atoms. The quantitative estimate of drug-likeness (QED) is 0.631. The summed E-state index contributed by atoms with van der Waals surface area (Å²) in [5, 5.41) is 20.3. The van der Waals surface area contributed by atoms with Gasteiger partial charge in [0, 0.05) is 12.6 Å². The molecule has 2 rings (SSSR count). The molecule has 0 aromatic heterocycles. The summed E-state index contributed by atoms with van der Waals surface area (Å²) in [6.07, 6.45) is 2.53. The maximum absolute atomic E-state index is 12.2. The molecule has 7 nitrogen and oxygen atoms in total. The number of aliphatic hydroxyl groups is 1. The number of aliphatic hydroxyl groups excluding tert-OH is 1. The number of nitrogens with one attached hydrogen (secondary N) is 1. The molecule has 1 saturated carbocycles. The minimum absolute atomic E-state index is 0.158. The van der Waals surface area contributed by atoms with Gasteiger partial charge in [0.2, 0.25) is 10.0 Å². The SMILES string of the molecule is O=[N+]([O-])c1ccccc1S(=O)(=O)NCC1CCC(O)CC1. The van der Waals surface area contributed by atoms with E-state index in [0.29, 0.717) is 12.8 Å². The maximum atomic E-state index is 12.2. The van der Waals surface area contributed by atoms with Crippen molar-refractivity contribution in [3.8, 4) is 0 Å². The van der Waals surface area contributed by atoms with Gasteiger partial charge < -0.3 is 5.11 Å². The first-order valence-corrected chi connectivity index (χ1v) is 8.29. The van der Waals surface area contributed by atoms with Gasteiger partial charge in [-0.2, -0.15) is 0 Å². The molecule has 0 heterocycles. The van der Waals surface area contributed by atoms with Gasteiger partial charge in [0.25, 0.3) is 5.69 Å². The van der Waals surface area contributed by atoms with E-state index in [1.54, 1.807) is 0 Å². The normalized spacial score (nSPS) is 22.9. The van der Waals surface area contributed by atoms with Gasteiger partial charge in [-0.05, 0) is 37.7 Å². The van der Waals surface area contributed by atoms with Crippen LogP contribution in [0.4, 0.5) is 5.69 Å². The van der Waals surface area contributed by atoms with Crippen LogP contribution in [0.5, 0.6) is 0 Å². The minimum atomic E-state index is -3.90. The van der Waals surface area contributed by atoms with E-state index in [1.807, 2.05) is 0 Å². The summed E-state index contributed by atoms with van der Waals surface area (Å²) in [4.78, 5) is 9.88. The second-order valence-electron chi connectivity index (χ2n) is 5.25. The number of hydrogen-bond acceptors (Lipinski definition) is 5. The van der Waals surface area contributed by atoms with Crippen LogP contribution in [0.2, 0.25) is 0 Å². The predicted molar refractivity (Wildman–Crippen MR) is 76.2 cm³/mol. The Balaban J connectivity index is 2.07. The summed E-state index contributed by atoms with van der Waals surface area (Å²) >= 11 is 0. The molecule has 0 saturated heterocycles. The molecule has 1 aromatic rings. The Morgan fingerprint density at radius 3 is 2.48 bits per heavy atom. The first-order chi connectivity index (χ1) is 9.90. The van der Waals surface area contributed by atoms with Crippen molar-refractivity contribution in [1.29, 1.82) is 0 Å². The average Bonchev–Trinajstić information content (AvgIpc) is 2.47. The number of sulfonamides is 1. The highest BCUT2D eigenvalue weighted by molar-refractivity contribution is 7.89. The van der Waals surface area contributed by atoms with Gasteiger partial charge in [-0.1, -0.05) is 12.1 Å². The third-order valence-electron chi connectivity index (χ3n) is 3.73. The second kappa shape index (κ2) is 6.50. The largest absolute Gasteiger partial charge is 0.393 e. The summed E-state index contributed by atoms with van der Waals surface area (Å²) in [6, 6.07) is 5.29. The van der Waals surface area contributed by atoms with Crippen LogP contribution in [0.3, 0.4) is 0 Å². The zero-order chi connectivity index (χ0) is 15.5. The third-order valence-corrected chi connectivity index (χ3v) is 5.20. The van der Waals surface area contributed by atoms with Crippen molar-refractivity contribution in [3.63, 3.8) is 0 Å². The second-order valence-corrected chi connectivity index (χ2v) is 6.99. The molecule has 0 bridgehead atoms. The Bertz CT molecular complexity index is 609. The fourth-order valence-corrected chi connectivity index (χ4v) is 3.78. The summed E-state index contributed by atoms with van der Waals surface area (Å²) in [6.45, 7) is 0.237. The van der Waals surface area contributed by atoms with Crippen molar-refractivity contribution in [2.75, 3.05) is 6.54 Å². The fraction of sp³-hybridized carbons (Fsp3) is 0.538. The van der Waals surface area contributed by atoms with Crippen molar-refractivity contribution < 1.29 is 18.4 Å². The Hall–Kier alpha value is -1.51. The van der Waals surface area contributed by atoms with Crippen LogP contribution in [-0.4, -0.2) is 31.1 Å². The smallest absolute Gasteiger partial charge is 0.289 e. The Morgan fingerprint density at radius 1 is 1.24 bits per heavy atom. The highest BCUT2D eigenvalue weighted by Gasteiger charge is 2.27. The molecule has 2 N–H and O–H groups in total. The van der Waals surface area contributed by atoms with Crippen molar-refractivity contribution in [1.82, 2.24) is 4.72 Å². The van der Waals surface area contributed by atoms with Gasteiger partial charge in [-0.25, -0.2) is 13.1 Å². The number of nitro groups is 1. The Morgan fingerprint density at radius 2 is 1.86 bits per heavy atom. The molecule has 0 radical (unpaired) electrons. The van der Waals surface area contributed by atoms with E-state index in [2.05, 4.69) is 4.72 Å². The monoisotopic (exact) mass is 314 g/mol. The standard InChI is InChI=1S/C13H18N2O5S/c16-11-7-5-10(6-8-11)9-14-21(19,20)13-4-2-1-3-12(13)15(17)18/h1-4,10-11,14,16H,5-9H2. The van der Waals surface area contributed by atoms with Crippen LogP contribution in [0.15, 0.2) is 29.2 Å². The Kier molecular flexibility index (Phi) is 4.92. The van der Waals surface area contributed by atoms with Crippen LogP contribution < -0.4 is 4.72 Å². The van der Waals surface area contributed by atoms with Gasteiger partial charge in [0.1, 0.15) is 0 Å². The fourth-order valence-electron chi connectivity index (χ4n) is 2.49. The number of nitrogens with zero attached hydrogens (tertiary/aromatic N) is 1. The van der Waals surface area contributed by atoms with E-state index >= 15 is 0 Å². The van der Waals surface area contributed by atoms with E-state index in [4.69, 9.17) is 0 Å². The number of benzene rings is 1. The molecule has 8 heteroatoms. The lowest BCUT2D eigenvalue weighted by Gasteiger charge is -2.25. The van der Waals surface area contributed by atoms with Crippen LogP contribution in [-0.2, 0) is 10.0 Å². The zero-order valence-electron chi connectivity index (χ0n) is 11.4. The van der Waals surface area contributed by atoms with Gasteiger partial charge >= 0.3 is 0 Å². The topological polar surface area (TPSA) is 110 Å². The van der Waals surface area contributed by atoms with Crippen molar-refractivity contribution in [3.05, 3.63) is 34.4 Å². The van der Waals surface area contributed by atoms with E-state index < -0.39 is 20.6 Å². The molecular weight excluding hydrogens is 296 g/mol. The van der Waals surface area contributed by atoms with Gasteiger partial charge in [-0.15, -0.1) is 0 Å². The minimum Gasteiger partial charge on any atom is -0.393 e. The lowest BCUT2D eigenvalue weighted by atomic mass is 9.88. The van der Waals surface area contributed by atoms with Crippen LogP contribution >= 0.6 is 0 Å². The van der Waals surface area contributed by atoms with Crippen LogP contribution in [0.1, 0.15) is 25.7 Å². The summed E-state index contributed by atoms with van der Waals surface area (Å²) in [5.41, 5.74) is -0.427. The zero-order valence-corrected chi connectivity index (χ0v) is 12.3. The number of nitro benzene ring substituents is 1. The number of rotatable bonds is 5. The molecule has 0 unspecified atom stereocenters. The number of hydrogen-bond donors (Lipinski definition) is 2. The van der Waals surface area contributed by atoms with Gasteiger partial charge in [-0.3, -0.25) is 10.1 Å². The summed E-state index contributed by atoms with van der Waals surface area (Å²) in [7, 11) is -3.90. The molecule has 0 amide bonds. The molecular formula is C13H18N2O5S. The molecule has 1 aliphatic rings. The molecule has 116 valence electrons.